The molecule has 1 saturated carbocycles. The molecule has 10 heteroatoms. The van der Waals surface area contributed by atoms with Crippen molar-refractivity contribution in [1.29, 1.82) is 0 Å². The average Bonchev–Trinajstić information content (AvgIpc) is 3.57. The number of aryl methyl sites for hydroxylation is 1. The van der Waals surface area contributed by atoms with Crippen LogP contribution < -0.4 is 15.0 Å². The van der Waals surface area contributed by atoms with Gasteiger partial charge in [-0.25, -0.2) is 9.78 Å². The van der Waals surface area contributed by atoms with E-state index in [2.05, 4.69) is 20.0 Å². The Bertz CT molecular complexity index is 996. The lowest BCUT2D eigenvalue weighted by atomic mass is 10.0. The van der Waals surface area contributed by atoms with E-state index < -0.39 is 6.11 Å². The molecule has 1 aliphatic carbocycles. The molecule has 33 heavy (non-hydrogen) atoms. The first kappa shape index (κ1) is 23.0. The van der Waals surface area contributed by atoms with Gasteiger partial charge in [-0.05, 0) is 55.9 Å². The lowest BCUT2D eigenvalue weighted by molar-refractivity contribution is -0.158. The summed E-state index contributed by atoms with van der Waals surface area (Å²) in [5, 5.41) is 12.7. The molecule has 2 N–H and O–H groups in total. The van der Waals surface area contributed by atoms with Crippen molar-refractivity contribution in [3.63, 3.8) is 0 Å². The van der Waals surface area contributed by atoms with E-state index in [1.54, 1.807) is 19.1 Å². The number of aromatic nitrogens is 2. The summed E-state index contributed by atoms with van der Waals surface area (Å²) < 4.78 is 30.8. The molecule has 2 aromatic rings. The maximum absolute atomic E-state index is 13.2. The summed E-state index contributed by atoms with van der Waals surface area (Å²) in [7, 11) is 0. The Kier molecular flexibility index (Phi) is 6.53. The van der Waals surface area contributed by atoms with Gasteiger partial charge in [-0.15, -0.1) is 0 Å². The van der Waals surface area contributed by atoms with Crippen LogP contribution in [0.25, 0.3) is 0 Å². The summed E-state index contributed by atoms with van der Waals surface area (Å²) in [6.45, 7) is 4.16. The number of ether oxygens (including phenoxy) is 1. The fourth-order valence-electron chi connectivity index (χ4n) is 4.24. The minimum atomic E-state index is -3.25. The van der Waals surface area contributed by atoms with Crippen molar-refractivity contribution in [3.8, 4) is 11.6 Å². The van der Waals surface area contributed by atoms with Crippen LogP contribution in [0.15, 0.2) is 30.5 Å². The molecule has 2 amide bonds. The van der Waals surface area contributed by atoms with Crippen molar-refractivity contribution in [1.82, 2.24) is 20.2 Å². The second-order valence-electron chi connectivity index (χ2n) is 8.75. The van der Waals surface area contributed by atoms with Crippen LogP contribution in [0.3, 0.4) is 0 Å². The number of aromatic hydroxyl groups is 1. The monoisotopic (exact) mass is 461 g/mol. The van der Waals surface area contributed by atoms with E-state index in [-0.39, 0.29) is 29.7 Å². The molecule has 0 unspecified atom stereocenters. The van der Waals surface area contributed by atoms with Crippen LogP contribution in [0.4, 0.5) is 19.5 Å². The zero-order valence-electron chi connectivity index (χ0n) is 18.8. The minimum absolute atomic E-state index is 0.0147. The summed E-state index contributed by atoms with van der Waals surface area (Å²) >= 11 is 0. The normalized spacial score (nSPS) is 18.7. The number of carbonyl (C=O) groups excluding carboxylic acids is 1. The van der Waals surface area contributed by atoms with Crippen molar-refractivity contribution in [2.45, 2.75) is 64.3 Å². The maximum Gasteiger partial charge on any atom is 0.394 e. The van der Waals surface area contributed by atoms with Crippen LogP contribution in [0.1, 0.15) is 43.7 Å². The summed E-state index contributed by atoms with van der Waals surface area (Å²) in [5.41, 5.74) is 1.60. The molecular formula is C23H29F2N5O3. The van der Waals surface area contributed by atoms with Gasteiger partial charge in [0.25, 0.3) is 0 Å². The molecule has 2 fully saturated rings. The van der Waals surface area contributed by atoms with Crippen LogP contribution in [-0.4, -0.2) is 57.3 Å². The number of nitrogens with one attached hydrogen (secondary N) is 1. The van der Waals surface area contributed by atoms with Crippen LogP contribution in [0.2, 0.25) is 0 Å². The van der Waals surface area contributed by atoms with Crippen molar-refractivity contribution in [2.75, 3.05) is 18.0 Å². The molecule has 2 heterocycles. The van der Waals surface area contributed by atoms with Crippen molar-refractivity contribution in [3.05, 3.63) is 41.6 Å². The van der Waals surface area contributed by atoms with Crippen molar-refractivity contribution >= 4 is 12.0 Å². The molecule has 4 rings (SSSR count). The Balaban J connectivity index is 1.40. The van der Waals surface area contributed by atoms with E-state index >= 15 is 0 Å². The van der Waals surface area contributed by atoms with E-state index in [1.807, 2.05) is 9.80 Å². The minimum Gasteiger partial charge on any atom is -0.493 e. The first-order chi connectivity index (χ1) is 15.7. The van der Waals surface area contributed by atoms with Gasteiger partial charge in [0.2, 0.25) is 11.8 Å². The first-order valence-electron chi connectivity index (χ1n) is 11.2. The second kappa shape index (κ2) is 9.36. The van der Waals surface area contributed by atoms with E-state index in [0.717, 1.165) is 43.4 Å². The number of piperidine rings is 1. The Hall–Kier alpha value is -3.17. The molecule has 0 bridgehead atoms. The predicted octanol–water partition coefficient (Wildman–Crippen LogP) is 3.83. The SMILES string of the molecule is Cc1cc(OC(C)(F)F)ccc1CNC(=O)N(C1CC1)[C@@H]1CCCN(c2nccc(O)n2)C1. The molecular weight excluding hydrogens is 432 g/mol. The number of rotatable bonds is 7. The number of hydrogen-bond acceptors (Lipinski definition) is 6. The number of urea groups is 1. The van der Waals surface area contributed by atoms with E-state index in [1.165, 1.54) is 18.3 Å². The van der Waals surface area contributed by atoms with Gasteiger partial charge in [-0.3, -0.25) is 0 Å². The fourth-order valence-corrected chi connectivity index (χ4v) is 4.24. The first-order valence-corrected chi connectivity index (χ1v) is 11.2. The Morgan fingerprint density at radius 2 is 2.09 bits per heavy atom. The van der Waals surface area contributed by atoms with Crippen molar-refractivity contribution < 1.29 is 23.4 Å². The summed E-state index contributed by atoms with van der Waals surface area (Å²) in [5.74, 6) is 0.478. The largest absolute Gasteiger partial charge is 0.493 e. The topological polar surface area (TPSA) is 90.8 Å². The van der Waals surface area contributed by atoms with Gasteiger partial charge >= 0.3 is 12.1 Å². The number of hydrogen-bond donors (Lipinski definition) is 2. The molecule has 1 saturated heterocycles. The quantitative estimate of drug-likeness (QED) is 0.652. The van der Waals surface area contributed by atoms with Crippen molar-refractivity contribution in [2.24, 2.45) is 0 Å². The number of halogens is 2. The molecule has 1 atom stereocenters. The number of alkyl halides is 2. The smallest absolute Gasteiger partial charge is 0.394 e. The Morgan fingerprint density at radius 3 is 2.76 bits per heavy atom. The average molecular weight is 462 g/mol. The molecule has 1 aromatic heterocycles. The molecule has 1 aliphatic heterocycles. The van der Waals surface area contributed by atoms with Crippen LogP contribution >= 0.6 is 0 Å². The number of nitrogens with zero attached hydrogens (tertiary/aromatic N) is 4. The number of carbonyl (C=O) groups is 1. The lowest BCUT2D eigenvalue weighted by Crippen LogP contribution is -2.54. The maximum atomic E-state index is 13.2. The lowest BCUT2D eigenvalue weighted by Gasteiger charge is -2.39. The number of benzene rings is 1. The van der Waals surface area contributed by atoms with Crippen LogP contribution in [0.5, 0.6) is 11.6 Å². The molecule has 178 valence electrons. The van der Waals surface area contributed by atoms with E-state index in [9.17, 15) is 18.7 Å². The summed E-state index contributed by atoms with van der Waals surface area (Å²) in [6.07, 6.45) is 2.00. The zero-order valence-corrected chi connectivity index (χ0v) is 18.8. The van der Waals surface area contributed by atoms with E-state index in [0.29, 0.717) is 26.0 Å². The van der Waals surface area contributed by atoms with Gasteiger partial charge in [0.15, 0.2) is 0 Å². The van der Waals surface area contributed by atoms with Crippen LogP contribution in [0, 0.1) is 6.92 Å². The van der Waals surface area contributed by atoms with Gasteiger partial charge in [0, 0.05) is 44.9 Å². The third kappa shape index (κ3) is 6.00. The summed E-state index contributed by atoms with van der Waals surface area (Å²) in [4.78, 5) is 25.5. The highest BCUT2D eigenvalue weighted by Gasteiger charge is 2.39. The Labute approximate surface area is 191 Å². The molecule has 0 radical (unpaired) electrons. The van der Waals surface area contributed by atoms with Gasteiger partial charge in [-0.2, -0.15) is 13.8 Å². The fraction of sp³-hybridized carbons (Fsp3) is 0.522. The van der Waals surface area contributed by atoms with Crippen LogP contribution in [-0.2, 0) is 6.54 Å². The predicted molar refractivity (Wildman–Crippen MR) is 118 cm³/mol. The zero-order chi connectivity index (χ0) is 23.6. The molecule has 0 spiro atoms. The molecule has 2 aliphatic rings. The molecule has 1 aromatic carbocycles. The number of anilines is 1. The Morgan fingerprint density at radius 1 is 1.30 bits per heavy atom. The van der Waals surface area contributed by atoms with E-state index in [4.69, 9.17) is 0 Å². The number of amides is 2. The van der Waals surface area contributed by atoms with Gasteiger partial charge < -0.3 is 25.0 Å². The third-order valence-corrected chi connectivity index (χ3v) is 5.92. The summed E-state index contributed by atoms with van der Waals surface area (Å²) in [6, 6.07) is 6.25. The molecule has 8 nitrogen and oxygen atoms in total. The highest BCUT2D eigenvalue weighted by Crippen LogP contribution is 2.32. The highest BCUT2D eigenvalue weighted by atomic mass is 19.3. The van der Waals surface area contributed by atoms with Gasteiger partial charge in [0.1, 0.15) is 5.75 Å². The van der Waals surface area contributed by atoms with Gasteiger partial charge in [0.05, 0.1) is 6.04 Å². The van der Waals surface area contributed by atoms with Gasteiger partial charge in [-0.1, -0.05) is 6.07 Å². The highest BCUT2D eigenvalue weighted by molar-refractivity contribution is 5.75. The standard InChI is InChI=1S/C23H29F2N5O3/c1-15-12-19(33-23(2,24)25)8-5-16(15)13-27-22(32)30(17-6-7-17)18-4-3-11-29(14-18)21-26-10-9-20(31)28-21/h5,8-10,12,17-18H,3-4,6-7,11,13-14H2,1-2H3,(H,27,32)(H,26,28,31)/t18-/m1/s1. The second-order valence-corrected chi connectivity index (χ2v) is 8.75. The third-order valence-electron chi connectivity index (χ3n) is 5.92.